The summed E-state index contributed by atoms with van der Waals surface area (Å²) in [6.07, 6.45) is 2.77. The fraction of sp³-hybridized carbons (Fsp3) is 0.250. The molecule has 13 heavy (non-hydrogen) atoms. The van der Waals surface area contributed by atoms with E-state index >= 15 is 0 Å². The summed E-state index contributed by atoms with van der Waals surface area (Å²) in [5.41, 5.74) is 7.70. The van der Waals surface area contributed by atoms with E-state index in [2.05, 4.69) is 35.7 Å². The summed E-state index contributed by atoms with van der Waals surface area (Å²) in [6.45, 7) is 2.13. The second-order valence-electron chi connectivity index (χ2n) is 2.39. The van der Waals surface area contributed by atoms with Crippen LogP contribution in [0.3, 0.4) is 0 Å². The molecule has 0 radical (unpaired) electrons. The zero-order valence-corrected chi connectivity index (χ0v) is 8.91. The summed E-state index contributed by atoms with van der Waals surface area (Å²) in [5, 5.41) is 4.04. The highest BCUT2D eigenvalue weighted by molar-refractivity contribution is 7.80. The van der Waals surface area contributed by atoms with E-state index in [1.54, 1.807) is 17.6 Å². The Morgan fingerprint density at radius 1 is 1.77 bits per heavy atom. The van der Waals surface area contributed by atoms with Crippen LogP contribution in [0.2, 0.25) is 0 Å². The molecule has 0 aromatic carbocycles. The maximum atomic E-state index is 5.20. The van der Waals surface area contributed by atoms with Crippen molar-refractivity contribution in [1.82, 2.24) is 5.43 Å². The lowest BCUT2D eigenvalue weighted by molar-refractivity contribution is 1.04. The fourth-order valence-electron chi connectivity index (χ4n) is 0.813. The lowest BCUT2D eigenvalue weighted by Crippen LogP contribution is -2.23. The third kappa shape index (κ3) is 3.52. The average molecular weight is 213 g/mol. The van der Waals surface area contributed by atoms with Gasteiger partial charge in [0, 0.05) is 9.75 Å². The largest absolute Gasteiger partial charge is 0.375 e. The Bertz CT molecular complexity index is 317. The van der Waals surface area contributed by atoms with Crippen LogP contribution in [-0.4, -0.2) is 11.3 Å². The molecule has 5 heteroatoms. The zero-order valence-electron chi connectivity index (χ0n) is 7.28. The highest BCUT2D eigenvalue weighted by atomic mass is 32.1. The number of aryl methyl sites for hydroxylation is 1. The number of rotatable bonds is 3. The summed E-state index contributed by atoms with van der Waals surface area (Å²) in [7, 11) is 0. The van der Waals surface area contributed by atoms with Crippen LogP contribution < -0.4 is 11.2 Å². The summed E-state index contributed by atoms with van der Waals surface area (Å²) < 4.78 is 0. The van der Waals surface area contributed by atoms with E-state index < -0.39 is 0 Å². The minimum Gasteiger partial charge on any atom is -0.375 e. The van der Waals surface area contributed by atoms with Gasteiger partial charge < -0.3 is 5.73 Å². The van der Waals surface area contributed by atoms with Crippen LogP contribution in [0.25, 0.3) is 0 Å². The molecule has 1 rings (SSSR count). The summed E-state index contributed by atoms with van der Waals surface area (Å²) >= 11 is 6.31. The molecule has 0 aliphatic heterocycles. The van der Waals surface area contributed by atoms with Crippen molar-refractivity contribution in [3.8, 4) is 0 Å². The van der Waals surface area contributed by atoms with Gasteiger partial charge in [0.25, 0.3) is 0 Å². The first kappa shape index (κ1) is 10.1. The van der Waals surface area contributed by atoms with Gasteiger partial charge in [-0.1, -0.05) is 6.92 Å². The number of hydrazone groups is 1. The number of hydrogen-bond donors (Lipinski definition) is 2. The molecule has 0 bridgehead atoms. The molecule has 3 nitrogen and oxygen atoms in total. The first-order valence-corrected chi connectivity index (χ1v) is 5.12. The molecular formula is C8H11N3S2. The zero-order chi connectivity index (χ0) is 9.68. The van der Waals surface area contributed by atoms with Gasteiger partial charge in [0.15, 0.2) is 5.11 Å². The van der Waals surface area contributed by atoms with Gasteiger partial charge >= 0.3 is 0 Å². The van der Waals surface area contributed by atoms with Gasteiger partial charge in [-0.15, -0.1) is 11.3 Å². The number of thiocarbonyl (C=S) groups is 1. The smallest absolute Gasteiger partial charge is 0.184 e. The van der Waals surface area contributed by atoms with Crippen molar-refractivity contribution in [3.05, 3.63) is 21.9 Å². The first-order chi connectivity index (χ1) is 6.22. The number of nitrogens with one attached hydrogen (secondary N) is 1. The van der Waals surface area contributed by atoms with Crippen molar-refractivity contribution in [2.24, 2.45) is 10.8 Å². The molecule has 0 spiro atoms. The average Bonchev–Trinajstić information content (AvgIpc) is 2.52. The van der Waals surface area contributed by atoms with Gasteiger partial charge in [-0.3, -0.25) is 5.43 Å². The summed E-state index contributed by atoms with van der Waals surface area (Å²) in [5.74, 6) is 0. The molecule has 70 valence electrons. The van der Waals surface area contributed by atoms with Crippen molar-refractivity contribution >= 4 is 34.9 Å². The topological polar surface area (TPSA) is 50.4 Å². The molecule has 1 heterocycles. The van der Waals surface area contributed by atoms with Crippen LogP contribution >= 0.6 is 23.6 Å². The maximum Gasteiger partial charge on any atom is 0.184 e. The second kappa shape index (κ2) is 4.94. The minimum absolute atomic E-state index is 0.184. The Morgan fingerprint density at radius 3 is 3.08 bits per heavy atom. The predicted octanol–water partition coefficient (Wildman–Crippen LogP) is 1.48. The quantitative estimate of drug-likeness (QED) is 0.454. The molecule has 0 fully saturated rings. The third-order valence-corrected chi connectivity index (χ3v) is 2.65. The van der Waals surface area contributed by atoms with E-state index in [1.807, 2.05) is 6.07 Å². The Hall–Kier alpha value is -0.940. The van der Waals surface area contributed by atoms with Crippen molar-refractivity contribution < 1.29 is 0 Å². The van der Waals surface area contributed by atoms with Crippen molar-refractivity contribution in [1.29, 1.82) is 0 Å². The number of thiophene rings is 1. The van der Waals surface area contributed by atoms with Crippen LogP contribution in [0.5, 0.6) is 0 Å². The number of nitrogens with zero attached hydrogens (tertiary/aromatic N) is 1. The lowest BCUT2D eigenvalue weighted by atomic mass is 10.4. The molecule has 3 N–H and O–H groups in total. The van der Waals surface area contributed by atoms with Gasteiger partial charge in [0.2, 0.25) is 0 Å². The van der Waals surface area contributed by atoms with Crippen LogP contribution in [-0.2, 0) is 6.42 Å². The molecule has 0 aliphatic carbocycles. The van der Waals surface area contributed by atoms with Crippen LogP contribution in [0.1, 0.15) is 16.7 Å². The molecule has 1 aromatic rings. The van der Waals surface area contributed by atoms with Crippen LogP contribution in [0, 0.1) is 0 Å². The second-order valence-corrected chi connectivity index (χ2v) is 4.03. The lowest BCUT2D eigenvalue weighted by Gasteiger charge is -1.91. The summed E-state index contributed by atoms with van der Waals surface area (Å²) in [6, 6.07) is 4.11. The standard InChI is InChI=1S/C8H11N3S2/c1-2-6-3-4-7(13-6)5-10-11-8(9)12/h3-5H,2H2,1H3,(H3,9,11,12)/b10-5+. The van der Waals surface area contributed by atoms with Crippen LogP contribution in [0.4, 0.5) is 0 Å². The van der Waals surface area contributed by atoms with E-state index in [-0.39, 0.29) is 5.11 Å². The molecule has 0 amide bonds. The maximum absolute atomic E-state index is 5.20. The van der Waals surface area contributed by atoms with E-state index in [9.17, 15) is 0 Å². The Kier molecular flexibility index (Phi) is 3.85. The van der Waals surface area contributed by atoms with E-state index in [4.69, 9.17) is 5.73 Å². The van der Waals surface area contributed by atoms with Crippen molar-refractivity contribution in [2.75, 3.05) is 0 Å². The van der Waals surface area contributed by atoms with Gasteiger partial charge in [0.1, 0.15) is 0 Å². The van der Waals surface area contributed by atoms with Crippen molar-refractivity contribution in [3.63, 3.8) is 0 Å². The molecular weight excluding hydrogens is 202 g/mol. The Labute approximate surface area is 86.6 Å². The fourth-order valence-corrected chi connectivity index (χ4v) is 1.69. The first-order valence-electron chi connectivity index (χ1n) is 3.89. The van der Waals surface area contributed by atoms with E-state index in [0.29, 0.717) is 0 Å². The van der Waals surface area contributed by atoms with Gasteiger partial charge in [0.05, 0.1) is 6.21 Å². The summed E-state index contributed by atoms with van der Waals surface area (Å²) in [4.78, 5) is 2.44. The molecule has 0 atom stereocenters. The SMILES string of the molecule is CCc1ccc(/C=N/NC(N)=S)s1. The highest BCUT2D eigenvalue weighted by Gasteiger charge is 1.94. The molecule has 0 saturated heterocycles. The molecule has 0 aliphatic rings. The number of hydrogen-bond acceptors (Lipinski definition) is 3. The van der Waals surface area contributed by atoms with E-state index in [1.165, 1.54) is 4.88 Å². The Morgan fingerprint density at radius 2 is 2.54 bits per heavy atom. The molecule has 1 aromatic heterocycles. The van der Waals surface area contributed by atoms with Gasteiger partial charge in [-0.2, -0.15) is 5.10 Å². The normalized spacial score (nSPS) is 10.5. The number of nitrogens with two attached hydrogens (primary N) is 1. The van der Waals surface area contributed by atoms with Crippen molar-refractivity contribution in [2.45, 2.75) is 13.3 Å². The van der Waals surface area contributed by atoms with Gasteiger partial charge in [-0.25, -0.2) is 0 Å². The van der Waals surface area contributed by atoms with Gasteiger partial charge in [-0.05, 0) is 30.8 Å². The third-order valence-electron chi connectivity index (χ3n) is 1.40. The van der Waals surface area contributed by atoms with Crippen LogP contribution in [0.15, 0.2) is 17.2 Å². The predicted molar refractivity (Wildman–Crippen MR) is 61.2 cm³/mol. The Balaban J connectivity index is 2.53. The monoisotopic (exact) mass is 213 g/mol. The minimum atomic E-state index is 0.184. The molecule has 0 saturated carbocycles. The highest BCUT2D eigenvalue weighted by Crippen LogP contribution is 2.14. The van der Waals surface area contributed by atoms with E-state index in [0.717, 1.165) is 11.3 Å². The molecule has 0 unspecified atom stereocenters.